The average Bonchev–Trinajstić information content (AvgIpc) is 3.41. The molecule has 0 saturated heterocycles. The van der Waals surface area contributed by atoms with Gasteiger partial charge in [0.25, 0.3) is 0 Å². The summed E-state index contributed by atoms with van der Waals surface area (Å²) in [6.07, 6.45) is 6.75. The lowest BCUT2D eigenvalue weighted by Gasteiger charge is -2.19. The first-order valence-electron chi connectivity index (χ1n) is 10.8. The summed E-state index contributed by atoms with van der Waals surface area (Å²) in [5, 5.41) is 4.25. The second-order valence-corrected chi connectivity index (χ2v) is 9.43. The molecule has 1 heterocycles. The summed E-state index contributed by atoms with van der Waals surface area (Å²) in [4.78, 5) is 2.49. The standard InChI is InChI=1S/C26H33NO2S.ClH/c1-26(2,3)13-5-4-6-14-27(24-10-11-24)15-16-28-17-18-29-25-9-7-8-22(20-25)23-12-19-30-21-23;/h4,6-9,12,19-21,24H,10-11,14-18H2,1-3H3;1H. The molecule has 1 aromatic carbocycles. The molecule has 0 aliphatic heterocycles. The van der Waals surface area contributed by atoms with Gasteiger partial charge in [0, 0.05) is 24.5 Å². The Balaban J connectivity index is 0.00000341. The zero-order valence-corrected chi connectivity index (χ0v) is 20.4. The van der Waals surface area contributed by atoms with E-state index >= 15 is 0 Å². The molecule has 1 aromatic heterocycles. The molecule has 1 fully saturated rings. The van der Waals surface area contributed by atoms with Gasteiger partial charge in [-0.05, 0) is 79.8 Å². The fourth-order valence-electron chi connectivity index (χ4n) is 3.06. The van der Waals surface area contributed by atoms with Crippen molar-refractivity contribution in [1.82, 2.24) is 4.90 Å². The van der Waals surface area contributed by atoms with Gasteiger partial charge in [0.2, 0.25) is 0 Å². The molecule has 0 N–H and O–H groups in total. The highest BCUT2D eigenvalue weighted by molar-refractivity contribution is 7.08. The molecule has 0 amide bonds. The molecular formula is C26H34ClNO2S. The molecule has 0 spiro atoms. The monoisotopic (exact) mass is 459 g/mol. The van der Waals surface area contributed by atoms with Crippen LogP contribution in [-0.4, -0.2) is 43.9 Å². The highest BCUT2D eigenvalue weighted by Crippen LogP contribution is 2.27. The van der Waals surface area contributed by atoms with E-state index in [0.29, 0.717) is 19.3 Å². The maximum absolute atomic E-state index is 5.87. The SMILES string of the molecule is CC(C)(C)C#CC=CCN(CCOCCOc1cccc(-c2ccsc2)c1)C1CC1.Cl. The van der Waals surface area contributed by atoms with Crippen LogP contribution in [0.5, 0.6) is 5.75 Å². The highest BCUT2D eigenvalue weighted by Gasteiger charge is 2.27. The Morgan fingerprint density at radius 1 is 1.13 bits per heavy atom. The number of hydrogen-bond donors (Lipinski definition) is 0. The van der Waals surface area contributed by atoms with Gasteiger partial charge in [0.1, 0.15) is 12.4 Å². The predicted octanol–water partition coefficient (Wildman–Crippen LogP) is 6.30. The molecule has 2 aromatic rings. The van der Waals surface area contributed by atoms with Crippen molar-refractivity contribution in [1.29, 1.82) is 0 Å². The molecule has 0 unspecified atom stereocenters. The molecule has 0 bridgehead atoms. The second kappa shape index (κ2) is 12.9. The molecule has 0 radical (unpaired) electrons. The zero-order valence-electron chi connectivity index (χ0n) is 18.8. The summed E-state index contributed by atoms with van der Waals surface area (Å²) in [6, 6.07) is 11.1. The number of benzene rings is 1. The summed E-state index contributed by atoms with van der Waals surface area (Å²) in [5.74, 6) is 7.28. The van der Waals surface area contributed by atoms with Crippen molar-refractivity contribution in [3.05, 3.63) is 53.2 Å². The van der Waals surface area contributed by atoms with Crippen molar-refractivity contribution in [3.63, 3.8) is 0 Å². The van der Waals surface area contributed by atoms with E-state index in [2.05, 4.69) is 72.5 Å². The van der Waals surface area contributed by atoms with Crippen LogP contribution in [-0.2, 0) is 4.74 Å². The van der Waals surface area contributed by atoms with Crippen LogP contribution in [0, 0.1) is 17.3 Å². The predicted molar refractivity (Wildman–Crippen MR) is 134 cm³/mol. The maximum atomic E-state index is 5.87. The fourth-order valence-corrected chi connectivity index (χ4v) is 3.73. The van der Waals surface area contributed by atoms with Gasteiger partial charge in [0.05, 0.1) is 13.2 Å². The third-order valence-corrected chi connectivity index (χ3v) is 5.44. The molecule has 1 aliphatic rings. The molecule has 0 atom stereocenters. The molecule has 3 rings (SSSR count). The average molecular weight is 460 g/mol. The van der Waals surface area contributed by atoms with Gasteiger partial charge in [-0.1, -0.05) is 30.0 Å². The molecule has 3 nitrogen and oxygen atoms in total. The summed E-state index contributed by atoms with van der Waals surface area (Å²) in [7, 11) is 0. The van der Waals surface area contributed by atoms with Crippen LogP contribution in [0.25, 0.3) is 11.1 Å². The van der Waals surface area contributed by atoms with Crippen LogP contribution in [0.3, 0.4) is 0 Å². The van der Waals surface area contributed by atoms with E-state index in [1.54, 1.807) is 11.3 Å². The highest BCUT2D eigenvalue weighted by atomic mass is 35.5. The molecule has 5 heteroatoms. The maximum Gasteiger partial charge on any atom is 0.120 e. The molecular weight excluding hydrogens is 426 g/mol. The van der Waals surface area contributed by atoms with Crippen molar-refractivity contribution < 1.29 is 9.47 Å². The number of hydrogen-bond acceptors (Lipinski definition) is 4. The Bertz CT molecular complexity index is 858. The summed E-state index contributed by atoms with van der Waals surface area (Å²) in [6.45, 7) is 10.2. The number of halogens is 1. The summed E-state index contributed by atoms with van der Waals surface area (Å²) in [5.41, 5.74) is 2.48. The van der Waals surface area contributed by atoms with E-state index in [0.717, 1.165) is 25.4 Å². The van der Waals surface area contributed by atoms with Crippen LogP contribution in [0.2, 0.25) is 0 Å². The van der Waals surface area contributed by atoms with E-state index in [4.69, 9.17) is 9.47 Å². The third-order valence-electron chi connectivity index (χ3n) is 4.76. The van der Waals surface area contributed by atoms with Crippen LogP contribution in [0.4, 0.5) is 0 Å². The van der Waals surface area contributed by atoms with Gasteiger partial charge in [-0.2, -0.15) is 11.3 Å². The minimum atomic E-state index is 0. The first kappa shape index (κ1) is 25.5. The lowest BCUT2D eigenvalue weighted by atomic mass is 9.98. The van der Waals surface area contributed by atoms with E-state index in [1.807, 2.05) is 18.2 Å². The first-order valence-corrected chi connectivity index (χ1v) is 11.7. The molecule has 31 heavy (non-hydrogen) atoms. The Labute approximate surface area is 197 Å². The minimum Gasteiger partial charge on any atom is -0.491 e. The van der Waals surface area contributed by atoms with Crippen molar-refractivity contribution in [3.8, 4) is 28.7 Å². The number of nitrogens with zero attached hydrogens (tertiary/aromatic N) is 1. The Morgan fingerprint density at radius 2 is 1.97 bits per heavy atom. The lowest BCUT2D eigenvalue weighted by molar-refractivity contribution is 0.0805. The second-order valence-electron chi connectivity index (χ2n) is 8.65. The summed E-state index contributed by atoms with van der Waals surface area (Å²) >= 11 is 1.71. The molecule has 1 aliphatic carbocycles. The normalized spacial score (nSPS) is 13.7. The van der Waals surface area contributed by atoms with Crippen molar-refractivity contribution in [2.24, 2.45) is 5.41 Å². The van der Waals surface area contributed by atoms with Crippen molar-refractivity contribution >= 4 is 23.7 Å². The third kappa shape index (κ3) is 9.93. The Hall–Kier alpha value is -1.77. The van der Waals surface area contributed by atoms with Crippen LogP contribution < -0.4 is 4.74 Å². The van der Waals surface area contributed by atoms with E-state index in [9.17, 15) is 0 Å². The smallest absolute Gasteiger partial charge is 0.120 e. The molecule has 168 valence electrons. The zero-order chi connectivity index (χ0) is 21.2. The topological polar surface area (TPSA) is 21.7 Å². The van der Waals surface area contributed by atoms with Gasteiger partial charge in [-0.25, -0.2) is 0 Å². The van der Waals surface area contributed by atoms with E-state index < -0.39 is 0 Å². The quantitative estimate of drug-likeness (QED) is 0.290. The Morgan fingerprint density at radius 3 is 2.68 bits per heavy atom. The van der Waals surface area contributed by atoms with E-state index in [-0.39, 0.29) is 17.8 Å². The van der Waals surface area contributed by atoms with Gasteiger partial charge in [-0.3, -0.25) is 4.90 Å². The van der Waals surface area contributed by atoms with Crippen molar-refractivity contribution in [2.45, 2.75) is 39.7 Å². The largest absolute Gasteiger partial charge is 0.491 e. The number of ether oxygens (including phenoxy) is 2. The van der Waals surface area contributed by atoms with Crippen LogP contribution in [0.15, 0.2) is 53.2 Å². The van der Waals surface area contributed by atoms with Gasteiger partial charge < -0.3 is 9.47 Å². The molecule has 1 saturated carbocycles. The fraction of sp³-hybridized carbons (Fsp3) is 0.462. The van der Waals surface area contributed by atoms with Gasteiger partial charge >= 0.3 is 0 Å². The summed E-state index contributed by atoms with van der Waals surface area (Å²) < 4.78 is 11.7. The number of thiophene rings is 1. The van der Waals surface area contributed by atoms with Crippen LogP contribution >= 0.6 is 23.7 Å². The lowest BCUT2D eigenvalue weighted by Crippen LogP contribution is -2.30. The van der Waals surface area contributed by atoms with Crippen molar-refractivity contribution in [2.75, 3.05) is 32.9 Å². The Kier molecular flexibility index (Phi) is 10.6. The minimum absolute atomic E-state index is 0. The van der Waals surface area contributed by atoms with Gasteiger partial charge in [-0.15, -0.1) is 12.4 Å². The van der Waals surface area contributed by atoms with Crippen LogP contribution in [0.1, 0.15) is 33.6 Å². The first-order chi connectivity index (χ1) is 14.5. The number of rotatable bonds is 11. The van der Waals surface area contributed by atoms with Gasteiger partial charge in [0.15, 0.2) is 0 Å². The number of allylic oxidation sites excluding steroid dienone is 1. The van der Waals surface area contributed by atoms with E-state index in [1.165, 1.54) is 24.0 Å².